The van der Waals surface area contributed by atoms with Gasteiger partial charge < -0.3 is 14.2 Å². The van der Waals surface area contributed by atoms with E-state index in [1.165, 1.54) is 212 Å². The fourth-order valence-electron chi connectivity index (χ4n) is 9.36. The first-order valence-electron chi connectivity index (χ1n) is 31.8. The van der Waals surface area contributed by atoms with Crippen molar-refractivity contribution in [3.63, 3.8) is 0 Å². The van der Waals surface area contributed by atoms with Gasteiger partial charge in [-0.05, 0) is 64.2 Å². The summed E-state index contributed by atoms with van der Waals surface area (Å²) in [5.74, 6) is -0.414. The van der Waals surface area contributed by atoms with Crippen molar-refractivity contribution < 1.29 is 23.8 Å². The zero-order valence-electron chi connectivity index (χ0n) is 48.5. The van der Waals surface area contributed by atoms with Crippen molar-refractivity contribution in [2.75, 3.05) is 19.8 Å². The van der Waals surface area contributed by atoms with E-state index in [-0.39, 0.29) is 25.2 Å². The van der Waals surface area contributed by atoms with Crippen LogP contribution in [0.3, 0.4) is 0 Å². The molecule has 1 atom stereocenters. The van der Waals surface area contributed by atoms with Gasteiger partial charge in [0.25, 0.3) is 0 Å². The lowest BCUT2D eigenvalue weighted by Crippen LogP contribution is -2.30. The highest BCUT2D eigenvalue weighted by Gasteiger charge is 2.17. The fraction of sp³-hybridized carbons (Fsp3) is 0.821. The van der Waals surface area contributed by atoms with Crippen molar-refractivity contribution in [1.82, 2.24) is 0 Å². The number of carbonyl (C=O) groups is 2. The Kier molecular flexibility index (Phi) is 60.8. The molecule has 0 rings (SSSR count). The monoisotopic (exact) mass is 1010 g/mol. The van der Waals surface area contributed by atoms with E-state index in [2.05, 4.69) is 81.5 Å². The van der Waals surface area contributed by atoms with Gasteiger partial charge in [-0.1, -0.05) is 313 Å². The molecule has 0 aromatic rings. The molecule has 0 aromatic carbocycles. The summed E-state index contributed by atoms with van der Waals surface area (Å²) in [6, 6.07) is 0. The van der Waals surface area contributed by atoms with Crippen LogP contribution < -0.4 is 0 Å². The standard InChI is InChI=1S/C67H122O5/c1-4-7-10-13-16-19-22-25-28-31-33-34-36-37-39-42-45-48-51-54-57-60-66(68)71-64-65(63-70-62-59-56-53-50-47-44-41-30-27-24-21-18-15-12-9-6-3)72-67(69)61-58-55-52-49-46-43-40-38-35-32-29-26-23-20-17-14-11-8-5-2/h8,11,17,20,26,29,35,38,43,46,65H,4-7,9-10,12-16,18-19,21-25,27-28,30-34,36-37,39-42,44-45,47-64H2,1-3H3/b11-8-,20-17-,29-26-,38-35-,46-43-/t65-/m1/s1. The van der Waals surface area contributed by atoms with Crippen LogP contribution >= 0.6 is 0 Å². The summed E-state index contributed by atoms with van der Waals surface area (Å²) in [5.41, 5.74) is 0. The summed E-state index contributed by atoms with van der Waals surface area (Å²) in [6.45, 7) is 7.75. The third-order valence-corrected chi connectivity index (χ3v) is 14.1. The number of ether oxygens (including phenoxy) is 3. The van der Waals surface area contributed by atoms with Gasteiger partial charge in [0.15, 0.2) is 6.10 Å². The van der Waals surface area contributed by atoms with Crippen LogP contribution in [-0.4, -0.2) is 37.9 Å². The lowest BCUT2D eigenvalue weighted by molar-refractivity contribution is -0.163. The highest BCUT2D eigenvalue weighted by Crippen LogP contribution is 2.17. The summed E-state index contributed by atoms with van der Waals surface area (Å²) < 4.78 is 17.5. The SMILES string of the molecule is CC/C=C\C/C=C\C/C=C\C/C=C\C/C=C\CCCCCC(=O)O[C@H](COCCCCCCCCCCCCCCCCCC)COC(=O)CCCCCCCCCCCCCCCCCCCCCCC. The minimum absolute atomic E-state index is 0.0762. The molecule has 0 aliphatic rings. The predicted molar refractivity (Wildman–Crippen MR) is 316 cm³/mol. The number of esters is 2. The average Bonchev–Trinajstić information content (AvgIpc) is 3.38. The van der Waals surface area contributed by atoms with Gasteiger partial charge in [0.2, 0.25) is 0 Å². The van der Waals surface area contributed by atoms with E-state index < -0.39 is 6.10 Å². The molecule has 0 bridgehead atoms. The maximum atomic E-state index is 12.9. The van der Waals surface area contributed by atoms with Crippen molar-refractivity contribution >= 4 is 11.9 Å². The van der Waals surface area contributed by atoms with Crippen LogP contribution in [0.25, 0.3) is 0 Å². The van der Waals surface area contributed by atoms with Gasteiger partial charge in [0, 0.05) is 19.4 Å². The first-order valence-corrected chi connectivity index (χ1v) is 31.8. The van der Waals surface area contributed by atoms with Crippen molar-refractivity contribution in [3.8, 4) is 0 Å². The molecule has 0 saturated heterocycles. The van der Waals surface area contributed by atoms with E-state index in [1.807, 2.05) is 0 Å². The Labute approximate surface area is 449 Å². The van der Waals surface area contributed by atoms with E-state index in [9.17, 15) is 9.59 Å². The second-order valence-corrected chi connectivity index (χ2v) is 21.3. The summed E-state index contributed by atoms with van der Waals surface area (Å²) in [4.78, 5) is 25.6. The van der Waals surface area contributed by atoms with Crippen molar-refractivity contribution in [1.29, 1.82) is 0 Å². The largest absolute Gasteiger partial charge is 0.462 e. The zero-order chi connectivity index (χ0) is 52.0. The summed E-state index contributed by atoms with van der Waals surface area (Å²) in [5, 5.41) is 0. The topological polar surface area (TPSA) is 61.8 Å². The third kappa shape index (κ3) is 60.2. The van der Waals surface area contributed by atoms with Gasteiger partial charge in [-0.2, -0.15) is 0 Å². The van der Waals surface area contributed by atoms with E-state index in [0.29, 0.717) is 19.4 Å². The Morgan fingerprint density at radius 3 is 1.00 bits per heavy atom. The molecule has 0 unspecified atom stereocenters. The van der Waals surface area contributed by atoms with Crippen LogP contribution in [0.15, 0.2) is 60.8 Å². The summed E-state index contributed by atoms with van der Waals surface area (Å²) >= 11 is 0. The maximum absolute atomic E-state index is 12.9. The van der Waals surface area contributed by atoms with Crippen molar-refractivity contribution in [2.45, 2.75) is 335 Å². The van der Waals surface area contributed by atoms with Gasteiger partial charge in [-0.3, -0.25) is 9.59 Å². The first-order chi connectivity index (χ1) is 35.6. The molecule has 0 radical (unpaired) electrons. The van der Waals surface area contributed by atoms with Gasteiger partial charge in [0.1, 0.15) is 6.61 Å². The van der Waals surface area contributed by atoms with Crippen LogP contribution in [0.5, 0.6) is 0 Å². The molecule has 0 aliphatic heterocycles. The van der Waals surface area contributed by atoms with Crippen LogP contribution in [0.2, 0.25) is 0 Å². The lowest BCUT2D eigenvalue weighted by Gasteiger charge is -2.18. The molecular formula is C67H122O5. The smallest absolute Gasteiger partial charge is 0.306 e. The molecule has 5 heteroatoms. The normalized spacial score (nSPS) is 12.5. The molecule has 0 N–H and O–H groups in total. The van der Waals surface area contributed by atoms with Crippen LogP contribution in [0.1, 0.15) is 329 Å². The maximum Gasteiger partial charge on any atom is 0.306 e. The third-order valence-electron chi connectivity index (χ3n) is 14.1. The van der Waals surface area contributed by atoms with Crippen LogP contribution in [0.4, 0.5) is 0 Å². The van der Waals surface area contributed by atoms with Crippen LogP contribution in [0, 0.1) is 0 Å². The second-order valence-electron chi connectivity index (χ2n) is 21.3. The molecule has 0 fully saturated rings. The molecule has 5 nitrogen and oxygen atoms in total. The zero-order valence-corrected chi connectivity index (χ0v) is 48.5. The lowest BCUT2D eigenvalue weighted by atomic mass is 10.0. The Morgan fingerprint density at radius 2 is 0.625 bits per heavy atom. The van der Waals surface area contributed by atoms with E-state index in [1.54, 1.807) is 0 Å². The first kappa shape index (κ1) is 69.6. The van der Waals surface area contributed by atoms with Gasteiger partial charge in [-0.15, -0.1) is 0 Å². The second kappa shape index (κ2) is 62.9. The molecule has 0 heterocycles. The highest BCUT2D eigenvalue weighted by molar-refractivity contribution is 5.70. The van der Waals surface area contributed by atoms with E-state index in [0.717, 1.165) is 83.5 Å². The molecule has 0 aliphatic carbocycles. The molecular weight excluding hydrogens is 885 g/mol. The quantitative estimate of drug-likeness (QED) is 0.0345. The number of allylic oxidation sites excluding steroid dienone is 10. The molecule has 0 amide bonds. The molecule has 0 saturated carbocycles. The Bertz CT molecular complexity index is 1230. The van der Waals surface area contributed by atoms with Gasteiger partial charge >= 0.3 is 11.9 Å². The minimum Gasteiger partial charge on any atom is -0.462 e. The van der Waals surface area contributed by atoms with Gasteiger partial charge in [0.05, 0.1) is 6.61 Å². The summed E-state index contributed by atoms with van der Waals surface area (Å²) in [6.07, 6.45) is 81.2. The number of hydrogen-bond donors (Lipinski definition) is 0. The fourth-order valence-corrected chi connectivity index (χ4v) is 9.36. The molecule has 72 heavy (non-hydrogen) atoms. The Morgan fingerprint density at radius 1 is 0.319 bits per heavy atom. The van der Waals surface area contributed by atoms with E-state index in [4.69, 9.17) is 14.2 Å². The predicted octanol–water partition coefficient (Wildman–Crippen LogP) is 22.0. The molecule has 0 aromatic heterocycles. The number of carbonyl (C=O) groups excluding carboxylic acids is 2. The molecule has 420 valence electrons. The van der Waals surface area contributed by atoms with Crippen LogP contribution in [-0.2, 0) is 23.8 Å². The van der Waals surface area contributed by atoms with Gasteiger partial charge in [-0.25, -0.2) is 0 Å². The highest BCUT2D eigenvalue weighted by atomic mass is 16.6. The Hall–Kier alpha value is -2.40. The van der Waals surface area contributed by atoms with E-state index >= 15 is 0 Å². The average molecular weight is 1010 g/mol. The Balaban J connectivity index is 4.27. The van der Waals surface area contributed by atoms with Crippen molar-refractivity contribution in [3.05, 3.63) is 60.8 Å². The summed E-state index contributed by atoms with van der Waals surface area (Å²) in [7, 11) is 0. The number of hydrogen-bond acceptors (Lipinski definition) is 5. The van der Waals surface area contributed by atoms with Crippen molar-refractivity contribution in [2.24, 2.45) is 0 Å². The molecule has 0 spiro atoms. The minimum atomic E-state index is -0.552. The number of unbranched alkanes of at least 4 members (excludes halogenated alkanes) is 38. The number of rotatable bonds is 59.